The van der Waals surface area contributed by atoms with Crippen molar-refractivity contribution in [3.8, 4) is 11.1 Å². The van der Waals surface area contributed by atoms with Crippen molar-refractivity contribution in [2.75, 3.05) is 36.5 Å². The smallest absolute Gasteiger partial charge is 0.238 e. The molecule has 1 saturated heterocycles. The second-order valence-corrected chi connectivity index (χ2v) is 9.48. The highest BCUT2D eigenvalue weighted by Crippen LogP contribution is 2.30. The summed E-state index contributed by atoms with van der Waals surface area (Å²) in [6.45, 7) is 3.28. The van der Waals surface area contributed by atoms with Gasteiger partial charge in [0.1, 0.15) is 5.52 Å². The molecule has 1 aliphatic heterocycles. The molecule has 0 saturated carbocycles. The number of benzene rings is 2. The number of hydrogen-bond donors (Lipinski definition) is 2. The van der Waals surface area contributed by atoms with E-state index in [-0.39, 0.29) is 4.90 Å². The molecule has 1 aliphatic rings. The van der Waals surface area contributed by atoms with Gasteiger partial charge in [-0.25, -0.2) is 23.5 Å². The number of aryl methyl sites for hydroxylation is 1. The lowest BCUT2D eigenvalue weighted by Crippen LogP contribution is -2.36. The minimum absolute atomic E-state index is 0.0731. The molecule has 0 atom stereocenters. The van der Waals surface area contributed by atoms with Crippen LogP contribution < -0.4 is 15.4 Å². The molecule has 0 amide bonds. The van der Waals surface area contributed by atoms with Crippen LogP contribution in [0.2, 0.25) is 0 Å². The fourth-order valence-electron chi connectivity index (χ4n) is 3.96. The predicted molar refractivity (Wildman–Crippen MR) is 128 cm³/mol. The third kappa shape index (κ3) is 4.40. The third-order valence-electron chi connectivity index (χ3n) is 5.72. The Morgan fingerprint density at radius 1 is 1.03 bits per heavy atom. The highest BCUT2D eigenvalue weighted by molar-refractivity contribution is 7.89. The van der Waals surface area contributed by atoms with Crippen molar-refractivity contribution in [3.05, 3.63) is 60.9 Å². The molecule has 4 aromatic rings. The van der Waals surface area contributed by atoms with Crippen LogP contribution in [0.25, 0.3) is 22.2 Å². The Bertz CT molecular complexity index is 1390. The normalized spacial score (nSPS) is 14.5. The number of ether oxygens (including phenoxy) is 1. The van der Waals surface area contributed by atoms with Crippen molar-refractivity contribution < 1.29 is 13.2 Å². The number of aromatic nitrogens is 3. The maximum Gasteiger partial charge on any atom is 0.238 e. The number of nitrogens with one attached hydrogen (secondary N) is 1. The van der Waals surface area contributed by atoms with Crippen molar-refractivity contribution in [2.24, 2.45) is 12.2 Å². The SMILES string of the molecule is Cn1cc(-c2ccc(S(N)(=O)=O)cc2)c2nc(Nc3ccc(N4CCOCC4)cc3)ncc21. The number of rotatable bonds is 5. The Morgan fingerprint density at radius 3 is 2.39 bits per heavy atom. The molecular weight excluding hydrogens is 440 g/mol. The van der Waals surface area contributed by atoms with Crippen molar-refractivity contribution in [1.29, 1.82) is 0 Å². The van der Waals surface area contributed by atoms with Crippen LogP contribution >= 0.6 is 0 Å². The van der Waals surface area contributed by atoms with Gasteiger partial charge in [-0.05, 0) is 42.0 Å². The molecular formula is C23H24N6O3S. The van der Waals surface area contributed by atoms with E-state index in [1.807, 2.05) is 29.9 Å². The summed E-state index contributed by atoms with van der Waals surface area (Å²) in [5.74, 6) is 0.482. The summed E-state index contributed by atoms with van der Waals surface area (Å²) >= 11 is 0. The predicted octanol–water partition coefficient (Wildman–Crippen LogP) is 2.86. The molecule has 1 fully saturated rings. The van der Waals surface area contributed by atoms with Crippen LogP contribution in [0.15, 0.2) is 65.8 Å². The van der Waals surface area contributed by atoms with E-state index >= 15 is 0 Å². The van der Waals surface area contributed by atoms with Gasteiger partial charge in [-0.3, -0.25) is 0 Å². The zero-order valence-electron chi connectivity index (χ0n) is 18.1. The highest BCUT2D eigenvalue weighted by Gasteiger charge is 2.14. The van der Waals surface area contributed by atoms with Gasteiger partial charge in [0.2, 0.25) is 16.0 Å². The molecule has 0 aliphatic carbocycles. The van der Waals surface area contributed by atoms with E-state index in [0.717, 1.165) is 59.8 Å². The quantitative estimate of drug-likeness (QED) is 0.467. The van der Waals surface area contributed by atoms with Crippen LogP contribution in [0, 0.1) is 0 Å². The first-order chi connectivity index (χ1) is 15.9. The summed E-state index contributed by atoms with van der Waals surface area (Å²) in [6, 6.07) is 14.6. The summed E-state index contributed by atoms with van der Waals surface area (Å²) in [5.41, 5.74) is 5.40. The number of primary sulfonamides is 1. The molecule has 0 bridgehead atoms. The van der Waals surface area contributed by atoms with Gasteiger partial charge >= 0.3 is 0 Å². The first-order valence-electron chi connectivity index (χ1n) is 10.5. The summed E-state index contributed by atoms with van der Waals surface area (Å²) < 4.78 is 30.5. The molecule has 33 heavy (non-hydrogen) atoms. The van der Waals surface area contributed by atoms with Gasteiger partial charge in [-0.2, -0.15) is 0 Å². The molecule has 3 N–H and O–H groups in total. The van der Waals surface area contributed by atoms with E-state index in [1.54, 1.807) is 18.3 Å². The average molecular weight is 465 g/mol. The highest BCUT2D eigenvalue weighted by atomic mass is 32.2. The van der Waals surface area contributed by atoms with Gasteiger partial charge in [-0.1, -0.05) is 12.1 Å². The van der Waals surface area contributed by atoms with Crippen molar-refractivity contribution in [1.82, 2.24) is 14.5 Å². The van der Waals surface area contributed by atoms with Gasteiger partial charge in [-0.15, -0.1) is 0 Å². The summed E-state index contributed by atoms with van der Waals surface area (Å²) in [4.78, 5) is 11.6. The maximum atomic E-state index is 11.6. The second-order valence-electron chi connectivity index (χ2n) is 7.92. The molecule has 2 aromatic heterocycles. The zero-order valence-corrected chi connectivity index (χ0v) is 18.9. The molecule has 9 nitrogen and oxygen atoms in total. The topological polar surface area (TPSA) is 115 Å². The fourth-order valence-corrected chi connectivity index (χ4v) is 4.47. The van der Waals surface area contributed by atoms with Crippen LogP contribution in [-0.4, -0.2) is 49.3 Å². The Hall–Kier alpha value is -3.47. The lowest BCUT2D eigenvalue weighted by Gasteiger charge is -2.28. The van der Waals surface area contributed by atoms with Gasteiger partial charge in [0, 0.05) is 43.3 Å². The Balaban J connectivity index is 1.42. The second kappa shape index (κ2) is 8.47. The van der Waals surface area contributed by atoms with E-state index in [9.17, 15) is 8.42 Å². The van der Waals surface area contributed by atoms with E-state index < -0.39 is 10.0 Å². The van der Waals surface area contributed by atoms with Gasteiger partial charge < -0.3 is 19.5 Å². The van der Waals surface area contributed by atoms with E-state index in [1.165, 1.54) is 12.1 Å². The fraction of sp³-hybridized carbons (Fsp3) is 0.217. The van der Waals surface area contributed by atoms with Crippen molar-refractivity contribution in [2.45, 2.75) is 4.90 Å². The van der Waals surface area contributed by atoms with Crippen molar-refractivity contribution >= 4 is 38.4 Å². The van der Waals surface area contributed by atoms with Gasteiger partial charge in [0.25, 0.3) is 0 Å². The van der Waals surface area contributed by atoms with E-state index in [0.29, 0.717) is 5.95 Å². The Labute approximate surface area is 191 Å². The standard InChI is InChI=1S/C23H24N6O3S/c1-28-15-20(16-2-8-19(9-3-16)33(24,30)31)22-21(28)14-25-23(27-22)26-17-4-6-18(7-5-17)29-10-12-32-13-11-29/h2-9,14-15H,10-13H2,1H3,(H2,24,30,31)(H,25,26,27). The van der Waals surface area contributed by atoms with E-state index in [4.69, 9.17) is 14.9 Å². The van der Waals surface area contributed by atoms with Crippen LogP contribution in [0.1, 0.15) is 0 Å². The molecule has 10 heteroatoms. The number of anilines is 3. The maximum absolute atomic E-state index is 11.6. The molecule has 170 valence electrons. The Morgan fingerprint density at radius 2 is 1.73 bits per heavy atom. The number of nitrogens with zero attached hydrogens (tertiary/aromatic N) is 4. The number of nitrogens with two attached hydrogens (primary N) is 1. The largest absolute Gasteiger partial charge is 0.378 e. The minimum atomic E-state index is -3.74. The number of fused-ring (bicyclic) bond motifs is 1. The summed E-state index contributed by atoms with van der Waals surface area (Å²) in [6.07, 6.45) is 3.72. The lowest BCUT2D eigenvalue weighted by molar-refractivity contribution is 0.122. The van der Waals surface area contributed by atoms with Crippen molar-refractivity contribution in [3.63, 3.8) is 0 Å². The monoisotopic (exact) mass is 464 g/mol. The molecule has 2 aromatic carbocycles. The van der Waals surface area contributed by atoms with Crippen LogP contribution in [0.3, 0.4) is 0 Å². The summed E-state index contributed by atoms with van der Waals surface area (Å²) in [7, 11) is -1.82. The third-order valence-corrected chi connectivity index (χ3v) is 6.65. The van der Waals surface area contributed by atoms with Crippen LogP contribution in [-0.2, 0) is 21.8 Å². The first kappa shape index (κ1) is 21.4. The van der Waals surface area contributed by atoms with Crippen LogP contribution in [0.4, 0.5) is 17.3 Å². The number of hydrogen-bond acceptors (Lipinski definition) is 7. The van der Waals surface area contributed by atoms with Crippen LogP contribution in [0.5, 0.6) is 0 Å². The Kier molecular flexibility index (Phi) is 5.49. The van der Waals surface area contributed by atoms with E-state index in [2.05, 4.69) is 27.3 Å². The average Bonchev–Trinajstić information content (AvgIpc) is 3.15. The molecule has 0 spiro atoms. The molecule has 0 radical (unpaired) electrons. The number of sulfonamides is 1. The molecule has 5 rings (SSSR count). The number of morpholine rings is 1. The first-order valence-corrected chi connectivity index (χ1v) is 12.1. The summed E-state index contributed by atoms with van der Waals surface area (Å²) in [5, 5.41) is 8.49. The van der Waals surface area contributed by atoms with Gasteiger partial charge in [0.05, 0.1) is 29.8 Å². The molecule has 3 heterocycles. The molecule has 0 unspecified atom stereocenters. The minimum Gasteiger partial charge on any atom is -0.378 e. The van der Waals surface area contributed by atoms with Gasteiger partial charge in [0.15, 0.2) is 0 Å². The zero-order chi connectivity index (χ0) is 23.0. The lowest BCUT2D eigenvalue weighted by atomic mass is 10.1.